The summed E-state index contributed by atoms with van der Waals surface area (Å²) in [6.45, 7) is 0.447. The van der Waals surface area contributed by atoms with Gasteiger partial charge in [-0.1, -0.05) is 28.1 Å². The van der Waals surface area contributed by atoms with Crippen LogP contribution in [-0.2, 0) is 26.2 Å². The van der Waals surface area contributed by atoms with E-state index in [9.17, 15) is 18.0 Å². The third kappa shape index (κ3) is 4.01. The third-order valence-electron chi connectivity index (χ3n) is 4.16. The van der Waals surface area contributed by atoms with E-state index in [0.717, 1.165) is 10.0 Å². The molecule has 1 fully saturated rings. The van der Waals surface area contributed by atoms with Crippen LogP contribution in [0.1, 0.15) is 12.0 Å². The van der Waals surface area contributed by atoms with Gasteiger partial charge in [0.25, 0.3) is 5.91 Å². The Morgan fingerprint density at radius 1 is 1.08 bits per heavy atom. The van der Waals surface area contributed by atoms with Gasteiger partial charge in [0.15, 0.2) is 6.04 Å². The van der Waals surface area contributed by atoms with Crippen LogP contribution < -0.4 is 15.4 Å². The summed E-state index contributed by atoms with van der Waals surface area (Å²) in [6, 6.07) is 12.6. The molecular weight excluding hydrogens is 422 g/mol. The highest BCUT2D eigenvalue weighted by Gasteiger charge is 2.42. The number of imide groups is 1. The maximum atomic E-state index is 12.6. The molecule has 0 aromatic heterocycles. The van der Waals surface area contributed by atoms with Gasteiger partial charge >= 0.3 is 0 Å². The van der Waals surface area contributed by atoms with Crippen LogP contribution in [0.5, 0.6) is 0 Å². The first-order chi connectivity index (χ1) is 12.3. The molecule has 0 spiro atoms. The number of hydrogen-bond acceptors (Lipinski definition) is 4. The number of hydrogen-bond donors (Lipinski definition) is 2. The maximum Gasteiger partial charge on any atom is 0.292 e. The predicted octanol–water partition coefficient (Wildman–Crippen LogP) is 0.492. The van der Waals surface area contributed by atoms with Crippen molar-refractivity contribution in [1.82, 2.24) is 0 Å². The van der Waals surface area contributed by atoms with Crippen molar-refractivity contribution in [1.29, 1.82) is 0 Å². The number of quaternary nitrogens is 1. The summed E-state index contributed by atoms with van der Waals surface area (Å²) < 4.78 is 23.4. The van der Waals surface area contributed by atoms with E-state index in [1.165, 1.54) is 17.0 Å². The molecule has 0 radical (unpaired) electrons. The summed E-state index contributed by atoms with van der Waals surface area (Å²) in [4.78, 5) is 26.1. The number of rotatable bonds is 5. The highest BCUT2D eigenvalue weighted by molar-refractivity contribution is 9.10. The van der Waals surface area contributed by atoms with Gasteiger partial charge in [-0.05, 0) is 36.4 Å². The number of nitrogens with two attached hydrogens (primary N) is 2. The number of primary sulfonamides is 1. The van der Waals surface area contributed by atoms with E-state index < -0.39 is 16.1 Å². The summed E-state index contributed by atoms with van der Waals surface area (Å²) in [5.41, 5.74) is 1.39. The lowest BCUT2D eigenvalue weighted by molar-refractivity contribution is -0.690. The van der Waals surface area contributed by atoms with Crippen molar-refractivity contribution in [2.24, 2.45) is 5.14 Å². The molecule has 9 heteroatoms. The van der Waals surface area contributed by atoms with Crippen molar-refractivity contribution >= 4 is 43.5 Å². The van der Waals surface area contributed by atoms with Gasteiger partial charge in [0.05, 0.1) is 17.0 Å². The lowest BCUT2D eigenvalue weighted by Crippen LogP contribution is -2.90. The average molecular weight is 439 g/mol. The van der Waals surface area contributed by atoms with Crippen LogP contribution in [0.4, 0.5) is 5.69 Å². The molecule has 0 aliphatic carbocycles. The fourth-order valence-electron chi connectivity index (χ4n) is 2.79. The molecular formula is C17H17BrN3O4S+. The fraction of sp³-hybridized carbons (Fsp3) is 0.176. The highest BCUT2D eigenvalue weighted by atomic mass is 79.9. The molecule has 136 valence electrons. The van der Waals surface area contributed by atoms with E-state index in [2.05, 4.69) is 15.9 Å². The molecule has 1 atom stereocenters. The molecule has 0 saturated carbocycles. The Kier molecular flexibility index (Phi) is 5.24. The molecule has 7 nitrogen and oxygen atoms in total. The molecule has 26 heavy (non-hydrogen) atoms. The molecule has 1 saturated heterocycles. The zero-order valence-electron chi connectivity index (χ0n) is 13.6. The molecule has 1 unspecified atom stereocenters. The van der Waals surface area contributed by atoms with E-state index in [1.807, 2.05) is 0 Å². The SMILES string of the molecule is NS(=O)(=O)c1ccc(C[NH2+]C2CC(=O)N(c3ccc(Br)cc3)C2=O)cc1. The molecule has 1 heterocycles. The number of sulfonamides is 1. The van der Waals surface area contributed by atoms with Crippen molar-refractivity contribution in [2.75, 3.05) is 4.90 Å². The van der Waals surface area contributed by atoms with E-state index in [4.69, 9.17) is 5.14 Å². The van der Waals surface area contributed by atoms with Crippen LogP contribution in [0.2, 0.25) is 0 Å². The van der Waals surface area contributed by atoms with Gasteiger partial charge in [0.2, 0.25) is 15.9 Å². The van der Waals surface area contributed by atoms with Gasteiger partial charge in [-0.15, -0.1) is 0 Å². The smallest absolute Gasteiger partial charge is 0.292 e. The molecule has 0 bridgehead atoms. The second-order valence-electron chi connectivity index (χ2n) is 5.98. The quantitative estimate of drug-likeness (QED) is 0.660. The van der Waals surface area contributed by atoms with Gasteiger partial charge in [0.1, 0.15) is 6.54 Å². The van der Waals surface area contributed by atoms with Crippen LogP contribution in [0.15, 0.2) is 57.9 Å². The minimum Gasteiger partial charge on any atom is -0.332 e. The minimum atomic E-state index is -3.73. The summed E-state index contributed by atoms with van der Waals surface area (Å²) in [6.07, 6.45) is 0.129. The Morgan fingerprint density at radius 3 is 2.27 bits per heavy atom. The topological polar surface area (TPSA) is 114 Å². The molecule has 1 aliphatic heterocycles. The van der Waals surface area contributed by atoms with Crippen LogP contribution in [-0.4, -0.2) is 26.3 Å². The van der Waals surface area contributed by atoms with Gasteiger partial charge in [-0.3, -0.25) is 9.59 Å². The predicted molar refractivity (Wildman–Crippen MR) is 98.5 cm³/mol. The molecule has 1 aliphatic rings. The van der Waals surface area contributed by atoms with Crippen molar-refractivity contribution < 1.29 is 23.3 Å². The second kappa shape index (κ2) is 7.28. The Hall–Kier alpha value is -2.07. The number of halogens is 1. The largest absolute Gasteiger partial charge is 0.332 e. The van der Waals surface area contributed by atoms with Crippen molar-refractivity contribution in [2.45, 2.75) is 23.9 Å². The Morgan fingerprint density at radius 2 is 1.69 bits per heavy atom. The van der Waals surface area contributed by atoms with Gasteiger partial charge in [-0.2, -0.15) is 0 Å². The van der Waals surface area contributed by atoms with Crippen LogP contribution in [0.3, 0.4) is 0 Å². The maximum absolute atomic E-state index is 12.6. The highest BCUT2D eigenvalue weighted by Crippen LogP contribution is 2.23. The summed E-state index contributed by atoms with van der Waals surface area (Å²) >= 11 is 3.32. The molecule has 3 rings (SSSR count). The summed E-state index contributed by atoms with van der Waals surface area (Å²) in [5.74, 6) is -0.485. The molecule has 2 aromatic carbocycles. The normalized spacial score (nSPS) is 17.8. The van der Waals surface area contributed by atoms with Crippen LogP contribution >= 0.6 is 15.9 Å². The lowest BCUT2D eigenvalue weighted by Gasteiger charge is -2.14. The Bertz CT molecular complexity index is 943. The van der Waals surface area contributed by atoms with Gasteiger partial charge < -0.3 is 5.32 Å². The van der Waals surface area contributed by atoms with Gasteiger partial charge in [-0.25, -0.2) is 18.5 Å². The Balaban J connectivity index is 1.67. The Labute approximate surface area is 159 Å². The van der Waals surface area contributed by atoms with E-state index in [1.54, 1.807) is 41.7 Å². The molecule has 2 aromatic rings. The first-order valence-corrected chi connectivity index (χ1v) is 10.2. The number of nitrogens with zero attached hydrogens (tertiary/aromatic N) is 1. The summed E-state index contributed by atoms with van der Waals surface area (Å²) in [7, 11) is -3.73. The third-order valence-corrected chi connectivity index (χ3v) is 5.61. The van der Waals surface area contributed by atoms with Crippen molar-refractivity contribution in [3.05, 3.63) is 58.6 Å². The average Bonchev–Trinajstić information content (AvgIpc) is 2.87. The van der Waals surface area contributed by atoms with Crippen molar-refractivity contribution in [3.8, 4) is 0 Å². The number of anilines is 1. The van der Waals surface area contributed by atoms with E-state index >= 15 is 0 Å². The zero-order valence-corrected chi connectivity index (χ0v) is 16.0. The van der Waals surface area contributed by atoms with Crippen LogP contribution in [0.25, 0.3) is 0 Å². The number of benzene rings is 2. The number of carbonyl (C=O) groups is 2. The first-order valence-electron chi connectivity index (χ1n) is 7.83. The van der Waals surface area contributed by atoms with E-state index in [0.29, 0.717) is 12.2 Å². The molecule has 2 amide bonds. The molecule has 4 N–H and O–H groups in total. The number of carbonyl (C=O) groups excluding carboxylic acids is 2. The van der Waals surface area contributed by atoms with Crippen LogP contribution in [0, 0.1) is 0 Å². The van der Waals surface area contributed by atoms with Crippen molar-refractivity contribution in [3.63, 3.8) is 0 Å². The monoisotopic (exact) mass is 438 g/mol. The fourth-order valence-corrected chi connectivity index (χ4v) is 3.57. The standard InChI is InChI=1S/C17H16BrN3O4S/c18-12-3-5-13(6-4-12)21-16(22)9-15(17(21)23)20-10-11-1-7-14(8-2-11)26(19,24)25/h1-8,15,20H,9-10H2,(H2,19,24,25)/p+1. The first kappa shape index (κ1) is 18.7. The minimum absolute atomic E-state index is 0.0368. The lowest BCUT2D eigenvalue weighted by atomic mass is 10.2. The van der Waals surface area contributed by atoms with Gasteiger partial charge in [0, 0.05) is 10.0 Å². The second-order valence-corrected chi connectivity index (χ2v) is 8.46. The number of amides is 2. The summed E-state index contributed by atoms with van der Waals surface area (Å²) in [5, 5.41) is 6.85. The van der Waals surface area contributed by atoms with E-state index in [-0.39, 0.29) is 23.1 Å². The zero-order chi connectivity index (χ0) is 18.9.